The molecule has 1 aromatic heterocycles. The molecule has 0 radical (unpaired) electrons. The fraction of sp³-hybridized carbons (Fsp3) is 0.333. The smallest absolute Gasteiger partial charge is 0.229 e. The summed E-state index contributed by atoms with van der Waals surface area (Å²) in [5.41, 5.74) is 2.45. The Labute approximate surface area is 152 Å². The lowest BCUT2D eigenvalue weighted by molar-refractivity contribution is -0.128. The van der Waals surface area contributed by atoms with Crippen LogP contribution in [0.1, 0.15) is 37.1 Å². The molecule has 134 valence electrons. The first-order chi connectivity index (χ1) is 12.6. The van der Waals surface area contributed by atoms with Gasteiger partial charge in [0.1, 0.15) is 0 Å². The lowest BCUT2D eigenvalue weighted by atomic mass is 10.0. The molecule has 2 aromatic carbocycles. The topological polar surface area (TPSA) is 67.2 Å². The number of nitrogens with zero attached hydrogens (tertiary/aromatic N) is 2. The highest BCUT2D eigenvalue weighted by Gasteiger charge is 2.49. The van der Waals surface area contributed by atoms with Crippen molar-refractivity contribution in [2.24, 2.45) is 5.41 Å². The Kier molecular flexibility index (Phi) is 4.04. The number of nitrogens with one attached hydrogen (secondary N) is 1. The van der Waals surface area contributed by atoms with Crippen LogP contribution in [0, 0.1) is 12.3 Å². The van der Waals surface area contributed by atoms with E-state index in [9.17, 15) is 9.90 Å². The van der Waals surface area contributed by atoms with Crippen LogP contribution in [0.15, 0.2) is 48.7 Å². The third-order valence-electron chi connectivity index (χ3n) is 5.49. The number of rotatable bonds is 5. The SMILES string of the molecule is Cc1c([C@@H](C)NC(=O)C2(CO)CC2)cnn1-c1cccc2ccccc12. The van der Waals surface area contributed by atoms with Gasteiger partial charge in [-0.25, -0.2) is 4.68 Å². The zero-order valence-electron chi connectivity index (χ0n) is 15.1. The maximum absolute atomic E-state index is 12.4. The molecule has 0 spiro atoms. The van der Waals surface area contributed by atoms with Gasteiger partial charge in [0, 0.05) is 16.6 Å². The molecule has 1 aliphatic carbocycles. The van der Waals surface area contributed by atoms with Crippen LogP contribution in [0.2, 0.25) is 0 Å². The molecule has 4 rings (SSSR count). The van der Waals surface area contributed by atoms with Crippen molar-refractivity contribution in [3.8, 4) is 5.69 Å². The number of carbonyl (C=O) groups is 1. The van der Waals surface area contributed by atoms with Gasteiger partial charge in [-0.2, -0.15) is 5.10 Å². The van der Waals surface area contributed by atoms with E-state index >= 15 is 0 Å². The van der Waals surface area contributed by atoms with E-state index in [-0.39, 0.29) is 18.6 Å². The maximum atomic E-state index is 12.4. The van der Waals surface area contributed by atoms with Gasteiger partial charge in [-0.15, -0.1) is 0 Å². The van der Waals surface area contributed by atoms with Gasteiger partial charge in [0.25, 0.3) is 0 Å². The number of fused-ring (bicyclic) bond motifs is 1. The first-order valence-corrected chi connectivity index (χ1v) is 9.00. The molecule has 5 heteroatoms. The number of aliphatic hydroxyl groups excluding tert-OH is 1. The van der Waals surface area contributed by atoms with Crippen LogP contribution >= 0.6 is 0 Å². The van der Waals surface area contributed by atoms with Gasteiger partial charge in [0.2, 0.25) is 5.91 Å². The summed E-state index contributed by atoms with van der Waals surface area (Å²) in [6.07, 6.45) is 3.34. The number of aromatic nitrogens is 2. The summed E-state index contributed by atoms with van der Waals surface area (Å²) in [4.78, 5) is 12.4. The molecule has 0 bridgehead atoms. The van der Waals surface area contributed by atoms with Gasteiger partial charge in [0.15, 0.2) is 0 Å². The highest BCUT2D eigenvalue weighted by atomic mass is 16.3. The molecule has 5 nitrogen and oxygen atoms in total. The summed E-state index contributed by atoms with van der Waals surface area (Å²) in [5, 5.41) is 19.4. The third-order valence-corrected chi connectivity index (χ3v) is 5.49. The maximum Gasteiger partial charge on any atom is 0.229 e. The molecule has 0 unspecified atom stereocenters. The Morgan fingerprint density at radius 3 is 2.73 bits per heavy atom. The van der Waals surface area contributed by atoms with Crippen LogP contribution < -0.4 is 5.32 Å². The van der Waals surface area contributed by atoms with Crippen molar-refractivity contribution in [3.05, 3.63) is 59.9 Å². The Balaban J connectivity index is 1.65. The zero-order chi connectivity index (χ0) is 18.3. The fourth-order valence-electron chi connectivity index (χ4n) is 3.52. The van der Waals surface area contributed by atoms with Gasteiger partial charge in [-0.05, 0) is 38.1 Å². The number of benzene rings is 2. The molecule has 1 saturated carbocycles. The van der Waals surface area contributed by atoms with E-state index in [0.29, 0.717) is 0 Å². The highest BCUT2D eigenvalue weighted by Crippen LogP contribution is 2.45. The van der Waals surface area contributed by atoms with Gasteiger partial charge >= 0.3 is 0 Å². The predicted octanol–water partition coefficient (Wildman–Crippen LogP) is 3.28. The largest absolute Gasteiger partial charge is 0.395 e. The van der Waals surface area contributed by atoms with E-state index in [1.807, 2.05) is 42.9 Å². The highest BCUT2D eigenvalue weighted by molar-refractivity contribution is 5.90. The van der Waals surface area contributed by atoms with Gasteiger partial charge in [-0.3, -0.25) is 4.79 Å². The first kappa shape index (κ1) is 16.8. The Hall–Kier alpha value is -2.66. The first-order valence-electron chi connectivity index (χ1n) is 9.00. The Bertz CT molecular complexity index is 967. The fourth-order valence-corrected chi connectivity index (χ4v) is 3.52. The van der Waals surface area contributed by atoms with Crippen molar-refractivity contribution < 1.29 is 9.90 Å². The normalized spacial score (nSPS) is 16.4. The van der Waals surface area contributed by atoms with Gasteiger partial charge < -0.3 is 10.4 Å². The molecule has 0 saturated heterocycles. The van der Waals surface area contributed by atoms with E-state index in [1.165, 1.54) is 5.39 Å². The molecule has 26 heavy (non-hydrogen) atoms. The zero-order valence-corrected chi connectivity index (χ0v) is 15.1. The van der Waals surface area contributed by atoms with E-state index in [2.05, 4.69) is 34.7 Å². The second-order valence-corrected chi connectivity index (χ2v) is 7.23. The van der Waals surface area contributed by atoms with Crippen molar-refractivity contribution in [2.75, 3.05) is 6.61 Å². The van der Waals surface area contributed by atoms with E-state index < -0.39 is 5.41 Å². The Morgan fingerprint density at radius 2 is 2.00 bits per heavy atom. The number of hydrogen-bond donors (Lipinski definition) is 2. The molecule has 1 aliphatic rings. The number of aliphatic hydroxyl groups is 1. The van der Waals surface area contributed by atoms with Crippen LogP contribution in [0.5, 0.6) is 0 Å². The second kappa shape index (κ2) is 6.25. The molecule has 3 aromatic rings. The molecule has 1 heterocycles. The average Bonchev–Trinajstić information content (AvgIpc) is 3.37. The minimum atomic E-state index is -0.562. The van der Waals surface area contributed by atoms with Crippen LogP contribution in [0.3, 0.4) is 0 Å². The summed E-state index contributed by atoms with van der Waals surface area (Å²) >= 11 is 0. The van der Waals surface area contributed by atoms with Crippen LogP contribution in [-0.4, -0.2) is 27.4 Å². The van der Waals surface area contributed by atoms with E-state index in [1.54, 1.807) is 0 Å². The molecule has 0 aliphatic heterocycles. The molecular weight excluding hydrogens is 326 g/mol. The van der Waals surface area contributed by atoms with Crippen LogP contribution in [0.4, 0.5) is 0 Å². The minimum absolute atomic E-state index is 0.0650. The Morgan fingerprint density at radius 1 is 1.27 bits per heavy atom. The summed E-state index contributed by atoms with van der Waals surface area (Å²) in [6.45, 7) is 3.90. The second-order valence-electron chi connectivity index (χ2n) is 7.23. The van der Waals surface area contributed by atoms with Crippen molar-refractivity contribution in [3.63, 3.8) is 0 Å². The molecule has 1 amide bonds. The minimum Gasteiger partial charge on any atom is -0.395 e. The lowest BCUT2D eigenvalue weighted by Gasteiger charge is -2.18. The van der Waals surface area contributed by atoms with Gasteiger partial charge in [0.05, 0.1) is 29.9 Å². The van der Waals surface area contributed by atoms with E-state index in [0.717, 1.165) is 35.2 Å². The van der Waals surface area contributed by atoms with Crippen molar-refractivity contribution in [2.45, 2.75) is 32.7 Å². The molecule has 2 N–H and O–H groups in total. The van der Waals surface area contributed by atoms with Crippen LogP contribution in [-0.2, 0) is 4.79 Å². The molecule has 1 fully saturated rings. The summed E-state index contributed by atoms with van der Waals surface area (Å²) < 4.78 is 1.93. The van der Waals surface area contributed by atoms with Crippen LogP contribution in [0.25, 0.3) is 16.5 Å². The summed E-state index contributed by atoms with van der Waals surface area (Å²) in [5.74, 6) is -0.0650. The lowest BCUT2D eigenvalue weighted by Crippen LogP contribution is -2.36. The van der Waals surface area contributed by atoms with Crippen molar-refractivity contribution in [1.29, 1.82) is 0 Å². The quantitative estimate of drug-likeness (QED) is 0.743. The van der Waals surface area contributed by atoms with Crippen molar-refractivity contribution >= 4 is 16.7 Å². The number of amides is 1. The predicted molar refractivity (Wildman–Crippen MR) is 101 cm³/mol. The molecule has 1 atom stereocenters. The number of hydrogen-bond acceptors (Lipinski definition) is 3. The number of carbonyl (C=O) groups excluding carboxylic acids is 1. The van der Waals surface area contributed by atoms with E-state index in [4.69, 9.17) is 0 Å². The van der Waals surface area contributed by atoms with Crippen molar-refractivity contribution in [1.82, 2.24) is 15.1 Å². The van der Waals surface area contributed by atoms with Gasteiger partial charge in [-0.1, -0.05) is 36.4 Å². The standard InChI is InChI=1S/C21H23N3O2/c1-14(23-20(26)21(13-25)10-11-21)18-12-22-24(15(18)2)19-9-5-7-16-6-3-4-8-17(16)19/h3-9,12,14,25H,10-11,13H2,1-2H3,(H,23,26)/t14-/m1/s1. The monoisotopic (exact) mass is 349 g/mol. The summed E-state index contributed by atoms with van der Waals surface area (Å²) in [6, 6.07) is 14.3. The summed E-state index contributed by atoms with van der Waals surface area (Å²) in [7, 11) is 0. The molecular formula is C21H23N3O2. The third kappa shape index (κ3) is 2.69. The average molecular weight is 349 g/mol.